The summed E-state index contributed by atoms with van der Waals surface area (Å²) in [6.07, 6.45) is -3.26. The van der Waals surface area contributed by atoms with Crippen molar-refractivity contribution < 1.29 is 17.9 Å². The van der Waals surface area contributed by atoms with Crippen LogP contribution < -0.4 is 15.4 Å². The van der Waals surface area contributed by atoms with Gasteiger partial charge in [-0.25, -0.2) is 9.67 Å². The molecule has 0 spiro atoms. The third-order valence-corrected chi connectivity index (χ3v) is 3.62. The third-order valence-electron chi connectivity index (χ3n) is 3.62. The van der Waals surface area contributed by atoms with Crippen LogP contribution in [0.2, 0.25) is 0 Å². The molecule has 0 radical (unpaired) electrons. The first-order valence-corrected chi connectivity index (χ1v) is 7.58. The first kappa shape index (κ1) is 17.6. The van der Waals surface area contributed by atoms with Crippen molar-refractivity contribution in [1.29, 1.82) is 0 Å². The van der Waals surface area contributed by atoms with E-state index in [1.807, 2.05) is 37.2 Å². The summed E-state index contributed by atoms with van der Waals surface area (Å²) < 4.78 is 41.9. The van der Waals surface area contributed by atoms with Crippen LogP contribution in [0.3, 0.4) is 0 Å². The SMILES string of the molecule is CN(C)c1ccc(-c2ncn(-c3ccc(OC(F)(F)F)cc3)n2)c(N)c1. The van der Waals surface area contributed by atoms with E-state index in [1.165, 1.54) is 35.3 Å². The number of nitrogen functional groups attached to an aromatic ring is 1. The van der Waals surface area contributed by atoms with Crippen LogP contribution in [0.1, 0.15) is 0 Å². The normalized spacial score (nSPS) is 11.4. The van der Waals surface area contributed by atoms with Crippen LogP contribution in [-0.2, 0) is 0 Å². The highest BCUT2D eigenvalue weighted by atomic mass is 19.4. The number of alkyl halides is 3. The van der Waals surface area contributed by atoms with Crippen molar-refractivity contribution in [3.63, 3.8) is 0 Å². The maximum absolute atomic E-state index is 12.2. The van der Waals surface area contributed by atoms with Crippen molar-refractivity contribution in [3.05, 3.63) is 48.8 Å². The molecule has 1 aromatic heterocycles. The molecule has 6 nitrogen and oxygen atoms in total. The van der Waals surface area contributed by atoms with Gasteiger partial charge in [-0.1, -0.05) is 0 Å². The van der Waals surface area contributed by atoms with Gasteiger partial charge in [0, 0.05) is 31.0 Å². The number of rotatable bonds is 4. The van der Waals surface area contributed by atoms with Crippen LogP contribution in [0.4, 0.5) is 24.5 Å². The molecule has 0 aliphatic rings. The Labute approximate surface area is 147 Å². The Morgan fingerprint density at radius 1 is 1.08 bits per heavy atom. The molecular formula is C17H16F3N5O. The zero-order valence-corrected chi connectivity index (χ0v) is 14.0. The van der Waals surface area contributed by atoms with Crippen molar-refractivity contribution in [3.8, 4) is 22.8 Å². The monoisotopic (exact) mass is 363 g/mol. The highest BCUT2D eigenvalue weighted by molar-refractivity contribution is 5.75. The van der Waals surface area contributed by atoms with Gasteiger partial charge < -0.3 is 15.4 Å². The van der Waals surface area contributed by atoms with Crippen LogP contribution >= 0.6 is 0 Å². The van der Waals surface area contributed by atoms with Gasteiger partial charge in [0.25, 0.3) is 0 Å². The van der Waals surface area contributed by atoms with Crippen LogP contribution in [0.25, 0.3) is 17.1 Å². The molecule has 3 aromatic rings. The van der Waals surface area contributed by atoms with Crippen LogP contribution in [-0.4, -0.2) is 35.2 Å². The number of benzene rings is 2. The molecule has 1 heterocycles. The predicted molar refractivity (Wildman–Crippen MR) is 92.2 cm³/mol. The molecule has 3 rings (SSSR count). The summed E-state index contributed by atoms with van der Waals surface area (Å²) in [6.45, 7) is 0. The minimum atomic E-state index is -4.72. The fourth-order valence-electron chi connectivity index (χ4n) is 2.34. The van der Waals surface area contributed by atoms with Crippen molar-refractivity contribution in [2.45, 2.75) is 6.36 Å². The minimum absolute atomic E-state index is 0.301. The summed E-state index contributed by atoms with van der Waals surface area (Å²) in [7, 11) is 3.82. The second kappa shape index (κ2) is 6.58. The first-order valence-electron chi connectivity index (χ1n) is 7.58. The highest BCUT2D eigenvalue weighted by Gasteiger charge is 2.31. The van der Waals surface area contributed by atoms with E-state index >= 15 is 0 Å². The Bertz CT molecular complexity index is 904. The molecule has 26 heavy (non-hydrogen) atoms. The Morgan fingerprint density at radius 2 is 1.77 bits per heavy atom. The molecule has 0 aliphatic heterocycles. The average Bonchev–Trinajstić information content (AvgIpc) is 3.03. The minimum Gasteiger partial charge on any atom is -0.406 e. The molecule has 9 heteroatoms. The molecule has 0 saturated carbocycles. The summed E-state index contributed by atoms with van der Waals surface area (Å²) in [5, 5.41) is 4.34. The molecule has 2 N–H and O–H groups in total. The summed E-state index contributed by atoms with van der Waals surface area (Å²) in [4.78, 5) is 6.15. The summed E-state index contributed by atoms with van der Waals surface area (Å²) >= 11 is 0. The van der Waals surface area contributed by atoms with Crippen molar-refractivity contribution >= 4 is 11.4 Å². The lowest BCUT2D eigenvalue weighted by atomic mass is 10.1. The van der Waals surface area contributed by atoms with E-state index in [2.05, 4.69) is 14.8 Å². The number of aromatic nitrogens is 3. The molecule has 0 saturated heterocycles. The average molecular weight is 363 g/mol. The van der Waals surface area contributed by atoms with Gasteiger partial charge in [0.2, 0.25) is 0 Å². The molecule has 0 atom stereocenters. The van der Waals surface area contributed by atoms with Crippen LogP contribution in [0.5, 0.6) is 5.75 Å². The molecule has 0 unspecified atom stereocenters. The second-order valence-corrected chi connectivity index (χ2v) is 5.72. The van der Waals surface area contributed by atoms with Crippen LogP contribution in [0, 0.1) is 0 Å². The molecule has 0 bridgehead atoms. The van der Waals surface area contributed by atoms with Gasteiger partial charge in [-0.3, -0.25) is 0 Å². The van der Waals surface area contributed by atoms with Gasteiger partial charge in [-0.2, -0.15) is 0 Å². The van der Waals surface area contributed by atoms with E-state index in [1.54, 1.807) is 0 Å². The standard InChI is InChI=1S/C17H16F3N5O/c1-24(2)12-5-8-14(15(21)9-12)16-22-10-25(23-16)11-3-6-13(7-4-11)26-17(18,19)20/h3-10H,21H2,1-2H3. The molecular weight excluding hydrogens is 347 g/mol. The Balaban J connectivity index is 1.84. The number of anilines is 2. The fourth-order valence-corrected chi connectivity index (χ4v) is 2.34. The molecule has 2 aromatic carbocycles. The number of halogens is 3. The van der Waals surface area contributed by atoms with Crippen molar-refractivity contribution in [2.75, 3.05) is 24.7 Å². The lowest BCUT2D eigenvalue weighted by molar-refractivity contribution is -0.274. The maximum Gasteiger partial charge on any atom is 0.573 e. The van der Waals surface area contributed by atoms with Gasteiger partial charge in [-0.15, -0.1) is 18.3 Å². The number of ether oxygens (including phenoxy) is 1. The highest BCUT2D eigenvalue weighted by Crippen LogP contribution is 2.28. The summed E-state index contributed by atoms with van der Waals surface area (Å²) in [5.74, 6) is 0.119. The number of hydrogen-bond acceptors (Lipinski definition) is 5. The lowest BCUT2D eigenvalue weighted by Crippen LogP contribution is -2.17. The summed E-state index contributed by atoms with van der Waals surface area (Å²) in [5.41, 5.74) is 8.78. The van der Waals surface area contributed by atoms with E-state index in [9.17, 15) is 13.2 Å². The fraction of sp³-hybridized carbons (Fsp3) is 0.176. The Morgan fingerprint density at radius 3 is 2.35 bits per heavy atom. The number of nitrogens with two attached hydrogens (primary N) is 1. The largest absolute Gasteiger partial charge is 0.573 e. The quantitative estimate of drug-likeness (QED) is 0.719. The Kier molecular flexibility index (Phi) is 4.45. The zero-order valence-electron chi connectivity index (χ0n) is 14.0. The van der Waals surface area contributed by atoms with Crippen molar-refractivity contribution in [2.24, 2.45) is 0 Å². The second-order valence-electron chi connectivity index (χ2n) is 5.72. The van der Waals surface area contributed by atoms with E-state index in [0.717, 1.165) is 5.69 Å². The number of hydrogen-bond donors (Lipinski definition) is 1. The van der Waals surface area contributed by atoms with Crippen molar-refractivity contribution in [1.82, 2.24) is 14.8 Å². The van der Waals surface area contributed by atoms with Gasteiger partial charge in [0.05, 0.1) is 5.69 Å². The zero-order chi connectivity index (χ0) is 18.9. The maximum atomic E-state index is 12.2. The van der Waals surface area contributed by atoms with E-state index < -0.39 is 6.36 Å². The van der Waals surface area contributed by atoms with Gasteiger partial charge in [0.15, 0.2) is 5.82 Å². The Hall–Kier alpha value is -3.23. The smallest absolute Gasteiger partial charge is 0.406 e. The van der Waals surface area contributed by atoms with Gasteiger partial charge in [0.1, 0.15) is 12.1 Å². The molecule has 0 aliphatic carbocycles. The summed E-state index contributed by atoms with van der Waals surface area (Å²) in [6, 6.07) is 10.9. The first-order chi connectivity index (χ1) is 12.2. The van der Waals surface area contributed by atoms with Gasteiger partial charge >= 0.3 is 6.36 Å². The van der Waals surface area contributed by atoms with E-state index in [4.69, 9.17) is 5.73 Å². The topological polar surface area (TPSA) is 69.2 Å². The number of nitrogens with zero attached hydrogens (tertiary/aromatic N) is 4. The molecule has 136 valence electrons. The molecule has 0 amide bonds. The van der Waals surface area contributed by atoms with Crippen LogP contribution in [0.15, 0.2) is 48.8 Å². The molecule has 0 fully saturated rings. The predicted octanol–water partition coefficient (Wildman–Crippen LogP) is 3.48. The lowest BCUT2D eigenvalue weighted by Gasteiger charge is -2.13. The van der Waals surface area contributed by atoms with E-state index in [0.29, 0.717) is 22.8 Å². The van der Waals surface area contributed by atoms with Gasteiger partial charge in [-0.05, 0) is 42.5 Å². The third kappa shape index (κ3) is 3.88. The van der Waals surface area contributed by atoms with E-state index in [-0.39, 0.29) is 5.75 Å².